The average molecular weight is 355 g/mol. The molecule has 0 saturated carbocycles. The van der Waals surface area contributed by atoms with Gasteiger partial charge in [0.2, 0.25) is 0 Å². The van der Waals surface area contributed by atoms with Crippen LogP contribution in [0.3, 0.4) is 0 Å². The highest BCUT2D eigenvalue weighted by molar-refractivity contribution is 6.05. The van der Waals surface area contributed by atoms with Crippen molar-refractivity contribution in [2.24, 2.45) is 7.05 Å². The number of carbonyl (C=O) groups is 3. The largest absolute Gasteiger partial charge is 0.467 e. The molecule has 0 aliphatic carbocycles. The van der Waals surface area contributed by atoms with Gasteiger partial charge in [-0.25, -0.2) is 9.59 Å². The molecule has 2 N–H and O–H groups in total. The normalized spacial score (nSPS) is 10.5. The summed E-state index contributed by atoms with van der Waals surface area (Å²) in [6.07, 6.45) is 3.12. The third-order valence-electron chi connectivity index (χ3n) is 3.71. The summed E-state index contributed by atoms with van der Waals surface area (Å²) in [7, 11) is 1.81. The van der Waals surface area contributed by atoms with E-state index >= 15 is 0 Å². The quantitative estimate of drug-likeness (QED) is 0.681. The molecule has 2 aromatic heterocycles. The van der Waals surface area contributed by atoms with Crippen LogP contribution < -0.4 is 10.6 Å². The number of para-hydroxylation sites is 1. The summed E-state index contributed by atoms with van der Waals surface area (Å²) in [4.78, 5) is 35.6. The molecule has 1 aromatic carbocycles. The van der Waals surface area contributed by atoms with Crippen LogP contribution in [0, 0.1) is 0 Å². The smallest absolute Gasteiger partial charge is 0.340 e. The molecule has 8 nitrogen and oxygen atoms in total. The Kier molecular flexibility index (Phi) is 5.02. The summed E-state index contributed by atoms with van der Waals surface area (Å²) in [5.74, 6) is -0.807. The fourth-order valence-corrected chi connectivity index (χ4v) is 2.50. The maximum Gasteiger partial charge on any atom is 0.340 e. The fourth-order valence-electron chi connectivity index (χ4n) is 2.50. The Morgan fingerprint density at radius 3 is 2.73 bits per heavy atom. The number of fused-ring (bicyclic) bond motifs is 1. The number of rotatable bonds is 5. The second kappa shape index (κ2) is 7.56. The molecule has 26 heavy (non-hydrogen) atoms. The SMILES string of the molecule is Cn1cc(C(=O)OCC(=O)NC(=O)NCc2ccco2)c2ccccc21. The van der Waals surface area contributed by atoms with Crippen molar-refractivity contribution in [3.05, 3.63) is 60.2 Å². The van der Waals surface area contributed by atoms with Gasteiger partial charge in [0.25, 0.3) is 5.91 Å². The number of benzene rings is 1. The fraction of sp³-hybridized carbons (Fsp3) is 0.167. The van der Waals surface area contributed by atoms with Gasteiger partial charge in [0, 0.05) is 24.1 Å². The Bertz CT molecular complexity index is 943. The van der Waals surface area contributed by atoms with Gasteiger partial charge in [-0.05, 0) is 18.2 Å². The van der Waals surface area contributed by atoms with Gasteiger partial charge in [0.1, 0.15) is 5.76 Å². The monoisotopic (exact) mass is 355 g/mol. The second-order valence-electron chi connectivity index (χ2n) is 5.56. The van der Waals surface area contributed by atoms with Crippen LogP contribution in [0.4, 0.5) is 4.79 Å². The molecule has 0 aliphatic rings. The number of ether oxygens (including phenoxy) is 1. The summed E-state index contributed by atoms with van der Waals surface area (Å²) >= 11 is 0. The zero-order valence-corrected chi connectivity index (χ0v) is 14.0. The molecule has 0 aliphatic heterocycles. The molecule has 134 valence electrons. The van der Waals surface area contributed by atoms with Gasteiger partial charge in [-0.1, -0.05) is 18.2 Å². The van der Waals surface area contributed by atoms with E-state index < -0.39 is 24.5 Å². The Labute approximate surface area is 148 Å². The number of aryl methyl sites for hydroxylation is 1. The minimum absolute atomic E-state index is 0.141. The lowest BCUT2D eigenvalue weighted by Crippen LogP contribution is -2.41. The maximum atomic E-state index is 12.2. The van der Waals surface area contributed by atoms with Crippen molar-refractivity contribution in [3.63, 3.8) is 0 Å². The first-order valence-electron chi connectivity index (χ1n) is 7.86. The Morgan fingerprint density at radius 2 is 1.96 bits per heavy atom. The maximum absolute atomic E-state index is 12.2. The molecule has 0 radical (unpaired) electrons. The first-order valence-corrected chi connectivity index (χ1v) is 7.86. The van der Waals surface area contributed by atoms with Crippen molar-refractivity contribution in [3.8, 4) is 0 Å². The summed E-state index contributed by atoms with van der Waals surface area (Å²) in [6.45, 7) is -0.419. The molecule has 0 spiro atoms. The number of furan rings is 1. The van der Waals surface area contributed by atoms with Crippen LogP contribution >= 0.6 is 0 Å². The summed E-state index contributed by atoms with van der Waals surface area (Å²) in [5, 5.41) is 5.27. The van der Waals surface area contributed by atoms with E-state index in [0.29, 0.717) is 11.3 Å². The zero-order chi connectivity index (χ0) is 18.5. The lowest BCUT2D eigenvalue weighted by molar-refractivity contribution is -0.123. The number of hydrogen-bond donors (Lipinski definition) is 2. The lowest BCUT2D eigenvalue weighted by Gasteiger charge is -2.06. The number of esters is 1. The molecular formula is C18H17N3O5. The van der Waals surface area contributed by atoms with Crippen LogP contribution in [0.5, 0.6) is 0 Å². The number of hydrogen-bond acceptors (Lipinski definition) is 5. The predicted octanol–water partition coefficient (Wildman–Crippen LogP) is 1.95. The number of carbonyl (C=O) groups excluding carboxylic acids is 3. The van der Waals surface area contributed by atoms with Crippen LogP contribution in [0.15, 0.2) is 53.3 Å². The van der Waals surface area contributed by atoms with E-state index in [0.717, 1.165) is 10.9 Å². The molecule has 0 saturated heterocycles. The van der Waals surface area contributed by atoms with Gasteiger partial charge < -0.3 is 19.0 Å². The van der Waals surface area contributed by atoms with Crippen LogP contribution in [-0.4, -0.2) is 29.1 Å². The Balaban J connectivity index is 1.50. The van der Waals surface area contributed by atoms with E-state index in [1.807, 2.05) is 25.2 Å². The molecule has 8 heteroatoms. The predicted molar refractivity (Wildman–Crippen MR) is 92.3 cm³/mol. The first kappa shape index (κ1) is 17.3. The third kappa shape index (κ3) is 3.92. The molecule has 3 aromatic rings. The van der Waals surface area contributed by atoms with E-state index in [2.05, 4.69) is 10.6 Å². The van der Waals surface area contributed by atoms with E-state index in [-0.39, 0.29) is 6.54 Å². The van der Waals surface area contributed by atoms with Crippen molar-refractivity contribution in [2.45, 2.75) is 6.54 Å². The van der Waals surface area contributed by atoms with Crippen molar-refractivity contribution in [1.29, 1.82) is 0 Å². The molecule has 0 fully saturated rings. The minimum Gasteiger partial charge on any atom is -0.467 e. The van der Waals surface area contributed by atoms with E-state index in [1.165, 1.54) is 6.26 Å². The van der Waals surface area contributed by atoms with Crippen LogP contribution in [0.2, 0.25) is 0 Å². The van der Waals surface area contributed by atoms with Crippen LogP contribution in [0.25, 0.3) is 10.9 Å². The Hall–Kier alpha value is -3.55. The van der Waals surface area contributed by atoms with Gasteiger partial charge in [0.15, 0.2) is 6.61 Å². The van der Waals surface area contributed by atoms with Crippen molar-refractivity contribution < 1.29 is 23.5 Å². The van der Waals surface area contributed by atoms with Crippen molar-refractivity contribution in [1.82, 2.24) is 15.2 Å². The molecular weight excluding hydrogens is 338 g/mol. The number of urea groups is 1. The van der Waals surface area contributed by atoms with E-state index in [1.54, 1.807) is 29.0 Å². The highest BCUT2D eigenvalue weighted by atomic mass is 16.5. The topological polar surface area (TPSA) is 103 Å². The van der Waals surface area contributed by atoms with E-state index in [9.17, 15) is 14.4 Å². The highest BCUT2D eigenvalue weighted by Crippen LogP contribution is 2.20. The molecule has 3 amide bonds. The molecule has 0 unspecified atom stereocenters. The summed E-state index contributed by atoms with van der Waals surface area (Å²) in [6, 6.07) is 10.0. The van der Waals surface area contributed by atoms with Crippen LogP contribution in [0.1, 0.15) is 16.1 Å². The van der Waals surface area contributed by atoms with Crippen molar-refractivity contribution in [2.75, 3.05) is 6.61 Å². The lowest BCUT2D eigenvalue weighted by atomic mass is 10.2. The van der Waals surface area contributed by atoms with Crippen LogP contribution in [-0.2, 0) is 23.1 Å². The number of aromatic nitrogens is 1. The summed E-state index contributed by atoms with van der Waals surface area (Å²) < 4.78 is 11.9. The average Bonchev–Trinajstić information content (AvgIpc) is 3.26. The number of nitrogens with zero attached hydrogens (tertiary/aromatic N) is 1. The number of imide groups is 1. The van der Waals surface area contributed by atoms with Gasteiger partial charge in [-0.2, -0.15) is 0 Å². The van der Waals surface area contributed by atoms with Gasteiger partial charge in [0.05, 0.1) is 18.4 Å². The number of amides is 3. The molecule has 2 heterocycles. The Morgan fingerprint density at radius 1 is 1.15 bits per heavy atom. The highest BCUT2D eigenvalue weighted by Gasteiger charge is 2.17. The minimum atomic E-state index is -0.726. The zero-order valence-electron chi connectivity index (χ0n) is 14.0. The molecule has 0 bridgehead atoms. The third-order valence-corrected chi connectivity index (χ3v) is 3.71. The molecule has 3 rings (SSSR count). The van der Waals surface area contributed by atoms with E-state index in [4.69, 9.17) is 9.15 Å². The standard InChI is InChI=1S/C18H17N3O5/c1-21-10-14(13-6-2-3-7-15(13)21)17(23)26-11-16(22)20-18(24)19-9-12-5-4-8-25-12/h2-8,10H,9,11H2,1H3,(H2,19,20,22,24). The van der Waals surface area contributed by atoms with Crippen molar-refractivity contribution >= 4 is 28.8 Å². The first-order chi connectivity index (χ1) is 12.5. The van der Waals surface area contributed by atoms with Gasteiger partial charge >= 0.3 is 12.0 Å². The molecule has 0 atom stereocenters. The van der Waals surface area contributed by atoms with Gasteiger partial charge in [-0.3, -0.25) is 10.1 Å². The second-order valence-corrected chi connectivity index (χ2v) is 5.56. The van der Waals surface area contributed by atoms with Gasteiger partial charge in [-0.15, -0.1) is 0 Å². The number of nitrogens with one attached hydrogen (secondary N) is 2. The summed E-state index contributed by atoms with van der Waals surface area (Å²) in [5.41, 5.74) is 1.24.